The molecule has 8 aromatic carbocycles. The first-order valence-corrected chi connectivity index (χ1v) is 38.1. The number of hydrogen-bond donors (Lipinski definition) is 4. The predicted octanol–water partition coefficient (Wildman–Crippen LogP) is 13.1. The van der Waals surface area contributed by atoms with E-state index in [9.17, 15) is 82.8 Å². The molecule has 2 aromatic heterocycles. The normalized spacial score (nSPS) is 13.8. The molecule has 4 atom stereocenters. The van der Waals surface area contributed by atoms with Crippen molar-refractivity contribution in [2.75, 3.05) is 78.2 Å². The van der Waals surface area contributed by atoms with Crippen LogP contribution in [0.5, 0.6) is 80.5 Å². The van der Waals surface area contributed by atoms with Crippen LogP contribution in [0.1, 0.15) is 124 Å². The van der Waals surface area contributed by atoms with Crippen molar-refractivity contribution in [2.24, 2.45) is 0 Å². The summed E-state index contributed by atoms with van der Waals surface area (Å²) >= 11 is 0. The zero-order valence-corrected chi connectivity index (χ0v) is 72.2. The number of fused-ring (bicyclic) bond motifs is 4. The van der Waals surface area contributed by atoms with E-state index in [0.29, 0.717) is 78.3 Å². The van der Waals surface area contributed by atoms with Crippen LogP contribution < -0.4 is 47.4 Å². The number of hydrogen-bond acceptors (Lipinski definition) is 37. The van der Waals surface area contributed by atoms with Crippen LogP contribution in [0.4, 0.5) is 0 Å². The molecule has 0 saturated heterocycles. The van der Waals surface area contributed by atoms with Crippen LogP contribution in [-0.2, 0) is 90.6 Å². The van der Waals surface area contributed by atoms with E-state index in [4.69, 9.17) is 75.2 Å². The number of benzene rings is 8. The molecule has 0 bridgehead atoms. The first-order valence-electron chi connectivity index (χ1n) is 38.1. The largest absolute Gasteiger partial charge is 0.504 e. The van der Waals surface area contributed by atoms with Gasteiger partial charge in [0.15, 0.2) is 91.7 Å². The molecule has 4 N–H and O–H groups in total. The van der Waals surface area contributed by atoms with Crippen molar-refractivity contribution in [2.45, 2.75) is 58.7 Å². The van der Waals surface area contributed by atoms with Gasteiger partial charge in [-0.1, -0.05) is 12.1 Å². The number of esters is 13. The van der Waals surface area contributed by atoms with Gasteiger partial charge in [-0.3, -0.25) is 33.6 Å². The van der Waals surface area contributed by atoms with E-state index in [0.717, 1.165) is 6.08 Å². The third kappa shape index (κ3) is 23.2. The van der Waals surface area contributed by atoms with Crippen LogP contribution in [0, 0.1) is 0 Å². The van der Waals surface area contributed by atoms with E-state index >= 15 is 0 Å². The molecular weight excluding hydrogens is 1710 g/mol. The summed E-state index contributed by atoms with van der Waals surface area (Å²) in [6.07, 6.45) is 8.72. The molecule has 0 amide bonds. The average Bonchev–Trinajstić information content (AvgIpc) is 1.61. The fraction of sp³-hybridized carbons (Fsp3) is 0.215. The van der Waals surface area contributed by atoms with Gasteiger partial charge in [-0.15, -0.1) is 0 Å². The highest BCUT2D eigenvalue weighted by molar-refractivity contribution is 6.12. The Morgan fingerprint density at radius 1 is 0.308 bits per heavy atom. The Kier molecular flexibility index (Phi) is 32.5. The average molecular weight is 1790 g/mol. The van der Waals surface area contributed by atoms with Gasteiger partial charge < -0.3 is 115 Å². The summed E-state index contributed by atoms with van der Waals surface area (Å²) in [4.78, 5) is 154. The van der Waals surface area contributed by atoms with Crippen molar-refractivity contribution in [3.8, 4) is 103 Å². The summed E-state index contributed by atoms with van der Waals surface area (Å²) in [7, 11) is 14.4. The number of ether oxygens (including phenoxy) is 18. The fourth-order valence-corrected chi connectivity index (χ4v) is 13.1. The highest BCUT2D eigenvalue weighted by Crippen LogP contribution is 2.55. The van der Waals surface area contributed by atoms with E-state index in [2.05, 4.69) is 18.9 Å². The van der Waals surface area contributed by atoms with Crippen molar-refractivity contribution in [3.05, 3.63) is 201 Å². The van der Waals surface area contributed by atoms with Gasteiger partial charge in [0.2, 0.25) is 0 Å². The Bertz CT molecular complexity index is 6220. The lowest BCUT2D eigenvalue weighted by Gasteiger charge is -2.19. The highest BCUT2D eigenvalue weighted by atomic mass is 16.6. The zero-order valence-electron chi connectivity index (χ0n) is 72.2. The number of phenols is 4. The topological polar surface area (TPSA) is 495 Å². The molecule has 37 heteroatoms. The molecule has 0 spiro atoms. The molecule has 4 heterocycles. The SMILES string of the molecule is COC(=O)C=Cc1cc(O)c2c(c1)C(C(=O)OC)C(c1ccc(O)c(O)c1)O2.COC(=O)C=Cc1cc(O)c2c(c1)C(C(=O)OC)C(c1ccc(OC(C)=O)c(OC(C)=O)c1)O2.COC(=O)C=Cc1cc(OC(C)=O)c2oc(-c3ccc(OC(C)=O)c(OC(C)=O)c3)c(C(=O)OC)c2c1.COC(=O)C=Cc1cc(OC)c2oc(-c3ccc(OC)c(OC)c3)c(C(=O)OC)c2c1. The van der Waals surface area contributed by atoms with Gasteiger partial charge >= 0.3 is 77.6 Å². The second kappa shape index (κ2) is 43.6. The molecule has 10 aromatic rings. The Balaban J connectivity index is 0.000000196. The minimum Gasteiger partial charge on any atom is -0.504 e. The lowest BCUT2D eigenvalue weighted by atomic mass is 9.90. The molecule has 2 aliphatic heterocycles. The van der Waals surface area contributed by atoms with Gasteiger partial charge in [-0.25, -0.2) is 28.8 Å². The highest BCUT2D eigenvalue weighted by Gasteiger charge is 2.45. The minimum atomic E-state index is -0.998. The summed E-state index contributed by atoms with van der Waals surface area (Å²) in [5.41, 5.74) is 4.81. The Morgan fingerprint density at radius 2 is 0.646 bits per heavy atom. The lowest BCUT2D eigenvalue weighted by Crippen LogP contribution is -2.20. The molecule has 2 aliphatic rings. The number of furan rings is 2. The number of carbonyl (C=O) groups excluding carboxylic acids is 13. The molecule has 0 fully saturated rings. The first kappa shape index (κ1) is 96.9. The van der Waals surface area contributed by atoms with E-state index in [-0.39, 0.29) is 102 Å². The molecule has 37 nitrogen and oxygen atoms in total. The summed E-state index contributed by atoms with van der Waals surface area (Å²) in [6, 6.07) is 30.0. The molecule has 0 saturated carbocycles. The van der Waals surface area contributed by atoms with Crippen LogP contribution in [0.3, 0.4) is 0 Å². The maximum absolute atomic E-state index is 12.9. The van der Waals surface area contributed by atoms with Gasteiger partial charge in [0.1, 0.15) is 46.7 Å². The Hall–Kier alpha value is -16.9. The number of carbonyl (C=O) groups is 13. The lowest BCUT2D eigenvalue weighted by molar-refractivity contribution is -0.145. The van der Waals surface area contributed by atoms with Gasteiger partial charge in [0.05, 0.1) is 78.2 Å². The van der Waals surface area contributed by atoms with E-state index in [1.165, 1.54) is 228 Å². The molecule has 678 valence electrons. The van der Waals surface area contributed by atoms with E-state index in [1.807, 2.05) is 0 Å². The minimum absolute atomic E-state index is 0.00729. The standard InChI is InChI=1S/C26H22O11.C24H22O10.C23H22O8.C20H18O8/c1-13(27)34-19-8-7-17(12-20(19)35-14(2)28)24-23(26(31)33-5)18-10-16(6-9-22(30)32-4)11-21(25(18)37-24)36-15(3)29;1-12(25)32-18-7-6-15(11-19(18)33-13(2)26)22-21(24(29)31-4)16-9-14(5-8-20(28)30-3)10-17(27)23(16)34-22;1-26-16-8-7-14(12-17(16)27-2)21-20(23(25)30-5)15-10-13(6-9-19(24)29-4)11-18(28-3)22(15)31-21;1-26-16(24)6-3-10-7-12-17(20(25)27-2)18(28-19(12)15(23)8-10)11-4-5-13(21)14(22)9-11/h6-12H,1-5H3;5-11,21-22,27H,1-4H3;6-12H,1-5H3;3-9,17-18,21-23H,1-2H3. The molecule has 130 heavy (non-hydrogen) atoms. The number of aromatic hydroxyl groups is 4. The second-order valence-corrected chi connectivity index (χ2v) is 27.2. The smallest absolute Gasteiger partial charge is 0.342 e. The van der Waals surface area contributed by atoms with Crippen molar-refractivity contribution < 1.29 is 177 Å². The Morgan fingerprint density at radius 3 is 1.02 bits per heavy atom. The van der Waals surface area contributed by atoms with Gasteiger partial charge in [-0.2, -0.15) is 0 Å². The third-order valence-electron chi connectivity index (χ3n) is 18.7. The maximum atomic E-state index is 12.9. The third-order valence-corrected chi connectivity index (χ3v) is 18.7. The van der Waals surface area contributed by atoms with Crippen LogP contribution in [0.25, 0.3) is 68.9 Å². The molecule has 0 aliphatic carbocycles. The second-order valence-electron chi connectivity index (χ2n) is 27.2. The van der Waals surface area contributed by atoms with Crippen LogP contribution in [-0.4, -0.2) is 176 Å². The monoisotopic (exact) mass is 1790 g/mol. The van der Waals surface area contributed by atoms with Crippen LogP contribution in [0.15, 0.2) is 154 Å². The molecular formula is C93H84O37. The summed E-state index contributed by atoms with van der Waals surface area (Å²) in [6.45, 7) is 5.92. The van der Waals surface area contributed by atoms with Gasteiger partial charge in [-0.05, 0) is 167 Å². The van der Waals surface area contributed by atoms with Crippen molar-refractivity contribution >= 4 is 124 Å². The molecule has 12 rings (SSSR count). The number of phenolic OH excluding ortho intramolecular Hbond substituents is 4. The Labute approximate surface area is 738 Å². The summed E-state index contributed by atoms with van der Waals surface area (Å²) in [5.74, 6) is -9.58. The number of methoxy groups -OCH3 is 11. The maximum Gasteiger partial charge on any atom is 0.342 e. The summed E-state index contributed by atoms with van der Waals surface area (Å²) < 4.78 is 104. The first-order chi connectivity index (χ1) is 62.0. The predicted molar refractivity (Wildman–Crippen MR) is 455 cm³/mol. The van der Waals surface area contributed by atoms with Crippen LogP contribution in [0.2, 0.25) is 0 Å². The van der Waals surface area contributed by atoms with Crippen LogP contribution >= 0.6 is 0 Å². The molecule has 4 unspecified atom stereocenters. The number of rotatable bonds is 24. The quantitative estimate of drug-likeness (QED) is 0.0143. The van der Waals surface area contributed by atoms with Crippen molar-refractivity contribution in [3.63, 3.8) is 0 Å². The fourth-order valence-electron chi connectivity index (χ4n) is 13.1. The van der Waals surface area contributed by atoms with Crippen molar-refractivity contribution in [1.29, 1.82) is 0 Å². The zero-order chi connectivity index (χ0) is 95.2. The van der Waals surface area contributed by atoms with E-state index < -0.39 is 102 Å². The van der Waals surface area contributed by atoms with Gasteiger partial charge in [0.25, 0.3) is 0 Å². The van der Waals surface area contributed by atoms with Gasteiger partial charge in [0, 0.05) is 91.9 Å². The van der Waals surface area contributed by atoms with Crippen molar-refractivity contribution in [1.82, 2.24) is 0 Å². The molecule has 0 radical (unpaired) electrons. The van der Waals surface area contributed by atoms with E-state index in [1.54, 1.807) is 48.5 Å². The summed E-state index contributed by atoms with van der Waals surface area (Å²) in [5, 5.41) is 40.9.